The molecule has 0 amide bonds. The molecule has 16 heavy (non-hydrogen) atoms. The number of rotatable bonds is 1. The lowest BCUT2D eigenvalue weighted by atomic mass is 10.1. The van der Waals surface area contributed by atoms with E-state index in [1.165, 1.54) is 11.8 Å². The molecule has 0 saturated carbocycles. The van der Waals surface area contributed by atoms with Gasteiger partial charge in [-0.2, -0.15) is 0 Å². The standard InChI is InChI=1S/C11H15NO2S2/c1-11(2,3)12-8-6-4-5-7-9(8)15-10(12)16(13)14/h4-7,10H,1-3H3,(H,13,14). The summed E-state index contributed by atoms with van der Waals surface area (Å²) in [5.41, 5.74) is 0.884. The topological polar surface area (TPSA) is 40.5 Å². The third-order valence-electron chi connectivity index (χ3n) is 2.46. The van der Waals surface area contributed by atoms with Crippen LogP contribution in [-0.4, -0.2) is 19.0 Å². The predicted octanol–water partition coefficient (Wildman–Crippen LogP) is 2.90. The number of nitrogens with zero attached hydrogens (tertiary/aromatic N) is 1. The fourth-order valence-electron chi connectivity index (χ4n) is 1.84. The molecule has 2 rings (SSSR count). The molecule has 1 aromatic rings. The predicted molar refractivity (Wildman–Crippen MR) is 69.1 cm³/mol. The Morgan fingerprint density at radius 1 is 1.38 bits per heavy atom. The van der Waals surface area contributed by atoms with Gasteiger partial charge in [0.05, 0.1) is 5.69 Å². The first-order chi connectivity index (χ1) is 7.41. The smallest absolute Gasteiger partial charge is 0.187 e. The maximum absolute atomic E-state index is 11.4. The molecule has 0 aliphatic carbocycles. The summed E-state index contributed by atoms with van der Waals surface area (Å²) in [6.45, 7) is 6.15. The van der Waals surface area contributed by atoms with E-state index >= 15 is 0 Å². The molecule has 1 N–H and O–H groups in total. The molecule has 3 nitrogen and oxygen atoms in total. The van der Waals surface area contributed by atoms with Crippen molar-refractivity contribution in [3.8, 4) is 0 Å². The molecule has 2 atom stereocenters. The Morgan fingerprint density at radius 3 is 2.56 bits per heavy atom. The molecular formula is C11H15NO2S2. The molecule has 0 fully saturated rings. The van der Waals surface area contributed by atoms with Crippen molar-refractivity contribution in [3.63, 3.8) is 0 Å². The van der Waals surface area contributed by atoms with Gasteiger partial charge < -0.3 is 9.45 Å². The largest absolute Gasteiger partial charge is 0.341 e. The van der Waals surface area contributed by atoms with E-state index in [-0.39, 0.29) is 5.54 Å². The molecule has 0 saturated heterocycles. The van der Waals surface area contributed by atoms with Crippen LogP contribution in [0.1, 0.15) is 20.8 Å². The third kappa shape index (κ3) is 1.99. The zero-order chi connectivity index (χ0) is 11.9. The second-order valence-corrected chi connectivity index (χ2v) is 7.13. The molecule has 1 aromatic carbocycles. The minimum absolute atomic E-state index is 0.164. The SMILES string of the molecule is CC(C)(C)N1c2ccccc2SC1S(=O)O. The van der Waals surface area contributed by atoms with Crippen LogP contribution in [0.4, 0.5) is 5.69 Å². The monoisotopic (exact) mass is 257 g/mol. The first kappa shape index (κ1) is 12.0. The Labute approximate surface area is 103 Å². The van der Waals surface area contributed by atoms with Gasteiger partial charge in [-0.15, -0.1) is 0 Å². The zero-order valence-corrected chi connectivity index (χ0v) is 11.1. The summed E-state index contributed by atoms with van der Waals surface area (Å²) in [5.74, 6) is 0. The van der Waals surface area contributed by atoms with Crippen molar-refractivity contribution in [3.05, 3.63) is 24.3 Å². The molecule has 5 heteroatoms. The Hall–Kier alpha value is -0.520. The van der Waals surface area contributed by atoms with Gasteiger partial charge >= 0.3 is 0 Å². The Balaban J connectivity index is 2.48. The second-order valence-electron chi connectivity index (χ2n) is 4.71. The van der Waals surface area contributed by atoms with Crippen molar-refractivity contribution in [1.82, 2.24) is 0 Å². The first-order valence-corrected chi connectivity index (χ1v) is 7.11. The van der Waals surface area contributed by atoms with Gasteiger partial charge in [0.25, 0.3) is 0 Å². The van der Waals surface area contributed by atoms with Gasteiger partial charge in [-0.3, -0.25) is 0 Å². The average molecular weight is 257 g/mol. The Kier molecular flexibility index (Phi) is 3.03. The summed E-state index contributed by atoms with van der Waals surface area (Å²) >= 11 is -0.400. The van der Waals surface area contributed by atoms with E-state index < -0.39 is 15.8 Å². The summed E-state index contributed by atoms with van der Waals surface area (Å²) in [6, 6.07) is 7.90. The van der Waals surface area contributed by atoms with E-state index in [1.54, 1.807) is 0 Å². The van der Waals surface area contributed by atoms with Gasteiger partial charge in [-0.25, -0.2) is 4.21 Å². The number of benzene rings is 1. The summed E-state index contributed by atoms with van der Waals surface area (Å²) < 4.78 is 20.3. The highest BCUT2D eigenvalue weighted by atomic mass is 32.2. The van der Waals surface area contributed by atoms with Crippen molar-refractivity contribution >= 4 is 28.5 Å². The van der Waals surface area contributed by atoms with Crippen LogP contribution in [0.2, 0.25) is 0 Å². The van der Waals surface area contributed by atoms with Crippen molar-refractivity contribution in [2.45, 2.75) is 35.9 Å². The number of anilines is 1. The molecule has 1 aliphatic heterocycles. The average Bonchev–Trinajstić information content (AvgIpc) is 2.55. The van der Waals surface area contributed by atoms with E-state index in [9.17, 15) is 8.76 Å². The summed E-state index contributed by atoms with van der Waals surface area (Å²) in [6.07, 6.45) is 0. The van der Waals surface area contributed by atoms with Gasteiger partial charge in [0, 0.05) is 10.4 Å². The van der Waals surface area contributed by atoms with E-state index in [4.69, 9.17) is 0 Å². The fourth-order valence-corrected chi connectivity index (χ4v) is 4.29. The van der Waals surface area contributed by atoms with Crippen molar-refractivity contribution in [2.75, 3.05) is 4.90 Å². The minimum Gasteiger partial charge on any atom is -0.341 e. The van der Waals surface area contributed by atoms with Crippen LogP contribution in [0.15, 0.2) is 29.2 Å². The minimum atomic E-state index is -1.85. The van der Waals surface area contributed by atoms with Crippen LogP contribution in [0, 0.1) is 0 Å². The van der Waals surface area contributed by atoms with Crippen molar-refractivity contribution in [1.29, 1.82) is 0 Å². The van der Waals surface area contributed by atoms with Crippen LogP contribution in [-0.2, 0) is 11.1 Å². The molecule has 2 unspecified atom stereocenters. The maximum atomic E-state index is 11.4. The number of fused-ring (bicyclic) bond motifs is 1. The molecular weight excluding hydrogens is 242 g/mol. The summed E-state index contributed by atoms with van der Waals surface area (Å²) in [4.78, 5) is 3.09. The normalized spacial score (nSPS) is 22.0. The fraction of sp³-hybridized carbons (Fsp3) is 0.455. The lowest BCUT2D eigenvalue weighted by molar-refractivity contribution is 0.502. The molecule has 1 aliphatic rings. The van der Waals surface area contributed by atoms with E-state index in [0.717, 1.165) is 10.6 Å². The highest BCUT2D eigenvalue weighted by Crippen LogP contribution is 2.47. The van der Waals surface area contributed by atoms with Crippen LogP contribution in [0.3, 0.4) is 0 Å². The van der Waals surface area contributed by atoms with Crippen LogP contribution in [0.25, 0.3) is 0 Å². The van der Waals surface area contributed by atoms with Crippen LogP contribution >= 0.6 is 11.8 Å². The summed E-state index contributed by atoms with van der Waals surface area (Å²) in [5, 5.41) is 0. The van der Waals surface area contributed by atoms with Gasteiger partial charge in [-0.05, 0) is 32.9 Å². The first-order valence-electron chi connectivity index (χ1n) is 5.06. The lowest BCUT2D eigenvalue weighted by Crippen LogP contribution is -2.46. The lowest BCUT2D eigenvalue weighted by Gasteiger charge is -2.37. The number of hydrogen-bond acceptors (Lipinski definition) is 3. The zero-order valence-electron chi connectivity index (χ0n) is 9.51. The van der Waals surface area contributed by atoms with Crippen molar-refractivity contribution in [2.24, 2.45) is 0 Å². The molecule has 88 valence electrons. The molecule has 0 bridgehead atoms. The maximum Gasteiger partial charge on any atom is 0.187 e. The van der Waals surface area contributed by atoms with E-state index in [1.807, 2.05) is 29.2 Å². The second kappa shape index (κ2) is 4.05. The van der Waals surface area contributed by atoms with E-state index in [2.05, 4.69) is 20.8 Å². The molecule has 1 heterocycles. The van der Waals surface area contributed by atoms with Gasteiger partial charge in [0.15, 0.2) is 15.8 Å². The van der Waals surface area contributed by atoms with E-state index in [0.29, 0.717) is 0 Å². The molecule has 0 radical (unpaired) electrons. The quantitative estimate of drug-likeness (QED) is 0.785. The van der Waals surface area contributed by atoms with Gasteiger partial charge in [0.2, 0.25) is 0 Å². The summed E-state index contributed by atoms with van der Waals surface area (Å²) in [7, 11) is 0. The Morgan fingerprint density at radius 2 is 2.00 bits per heavy atom. The highest BCUT2D eigenvalue weighted by molar-refractivity contribution is 8.10. The number of thioether (sulfide) groups is 1. The number of para-hydroxylation sites is 1. The van der Waals surface area contributed by atoms with Crippen LogP contribution < -0.4 is 4.90 Å². The van der Waals surface area contributed by atoms with Gasteiger partial charge in [-0.1, -0.05) is 23.9 Å². The molecule has 0 spiro atoms. The van der Waals surface area contributed by atoms with Gasteiger partial charge in [0.1, 0.15) is 0 Å². The Bertz CT molecular complexity index is 428. The van der Waals surface area contributed by atoms with Crippen LogP contribution in [0.5, 0.6) is 0 Å². The van der Waals surface area contributed by atoms with Crippen molar-refractivity contribution < 1.29 is 8.76 Å². The third-order valence-corrected chi connectivity index (χ3v) is 4.81. The molecule has 0 aromatic heterocycles. The number of hydrogen-bond donors (Lipinski definition) is 1. The highest BCUT2D eigenvalue weighted by Gasteiger charge is 2.39.